The summed E-state index contributed by atoms with van der Waals surface area (Å²) < 4.78 is 5.03. The third kappa shape index (κ3) is 4.24. The third-order valence-electron chi connectivity index (χ3n) is 4.42. The molecule has 2 aromatic carbocycles. The largest absolute Gasteiger partial charge is 0.320 e. The molecule has 27 heavy (non-hydrogen) atoms. The highest BCUT2D eigenvalue weighted by Gasteiger charge is 2.17. The van der Waals surface area contributed by atoms with Crippen molar-refractivity contribution in [3.8, 4) is 0 Å². The molecule has 1 unspecified atom stereocenters. The van der Waals surface area contributed by atoms with Crippen molar-refractivity contribution in [3.63, 3.8) is 0 Å². The maximum Gasteiger partial charge on any atom is 0.279 e. The Morgan fingerprint density at radius 1 is 1.15 bits per heavy atom. The van der Waals surface area contributed by atoms with Gasteiger partial charge in [0.05, 0.1) is 28.8 Å². The predicted octanol–water partition coefficient (Wildman–Crippen LogP) is 3.52. The van der Waals surface area contributed by atoms with Gasteiger partial charge in [0.25, 0.3) is 5.91 Å². The zero-order valence-corrected chi connectivity index (χ0v) is 17.3. The molecule has 0 aliphatic rings. The average molecular weight is 404 g/mol. The van der Waals surface area contributed by atoms with Crippen LogP contribution in [0.2, 0.25) is 5.02 Å². The Morgan fingerprint density at radius 2 is 1.78 bits per heavy atom. The number of rotatable bonds is 6. The molecular weight excluding hydrogens is 380 g/mol. The van der Waals surface area contributed by atoms with E-state index in [2.05, 4.69) is 40.4 Å². The van der Waals surface area contributed by atoms with Gasteiger partial charge >= 0.3 is 0 Å². The van der Waals surface area contributed by atoms with E-state index >= 15 is 0 Å². The summed E-state index contributed by atoms with van der Waals surface area (Å²) in [6.07, 6.45) is 0. The van der Waals surface area contributed by atoms with E-state index < -0.39 is 0 Å². The van der Waals surface area contributed by atoms with Gasteiger partial charge in [-0.1, -0.05) is 35.9 Å². The molecule has 1 heterocycles. The Labute approximate surface area is 169 Å². The first-order valence-electron chi connectivity index (χ1n) is 8.94. The lowest BCUT2D eigenvalue weighted by Gasteiger charge is -2.15. The Balaban J connectivity index is 1.77. The number of anilines is 1. The second-order valence-electron chi connectivity index (χ2n) is 6.98. The number of aromatic nitrogens is 2. The van der Waals surface area contributed by atoms with Crippen LogP contribution in [0.25, 0.3) is 11.0 Å². The van der Waals surface area contributed by atoms with Crippen LogP contribution >= 0.6 is 23.8 Å². The maximum atomic E-state index is 12.4. The van der Waals surface area contributed by atoms with Crippen LogP contribution in [0.1, 0.15) is 19.9 Å². The molecule has 0 aliphatic heterocycles. The highest BCUT2D eigenvalue weighted by Crippen LogP contribution is 2.21. The number of nitrogens with one attached hydrogen (secondary N) is 2. The average Bonchev–Trinajstić information content (AvgIpc) is 2.89. The minimum atomic E-state index is -0.0836. The molecule has 2 N–H and O–H groups in total. The van der Waals surface area contributed by atoms with Crippen LogP contribution in [0.4, 0.5) is 5.69 Å². The van der Waals surface area contributed by atoms with Gasteiger partial charge in [0.2, 0.25) is 0 Å². The number of quaternary nitrogens is 1. The van der Waals surface area contributed by atoms with E-state index in [9.17, 15) is 4.79 Å². The van der Waals surface area contributed by atoms with Crippen molar-refractivity contribution >= 4 is 46.4 Å². The molecule has 3 aromatic rings. The minimum Gasteiger partial charge on any atom is -0.320 e. The maximum absolute atomic E-state index is 12.4. The van der Waals surface area contributed by atoms with Gasteiger partial charge in [-0.05, 0) is 50.3 Å². The number of likely N-dealkylation sites (N-methyl/N-ethyl adjacent to an activating group) is 1. The molecule has 3 rings (SSSR count). The number of amides is 1. The van der Waals surface area contributed by atoms with Crippen LogP contribution in [0.5, 0.6) is 0 Å². The summed E-state index contributed by atoms with van der Waals surface area (Å²) in [5.74, 6) is -0.0836. The smallest absolute Gasteiger partial charge is 0.279 e. The molecule has 0 radical (unpaired) electrons. The van der Waals surface area contributed by atoms with E-state index in [1.165, 1.54) is 0 Å². The molecule has 0 spiro atoms. The summed E-state index contributed by atoms with van der Waals surface area (Å²) >= 11 is 11.8. The van der Waals surface area contributed by atoms with E-state index in [-0.39, 0.29) is 11.9 Å². The van der Waals surface area contributed by atoms with E-state index in [4.69, 9.17) is 23.8 Å². The molecule has 1 amide bonds. The number of para-hydroxylation sites is 3. The van der Waals surface area contributed by atoms with Gasteiger partial charge in [-0.15, -0.1) is 0 Å². The molecule has 0 saturated carbocycles. The van der Waals surface area contributed by atoms with Crippen LogP contribution in [0, 0.1) is 4.77 Å². The zero-order valence-electron chi connectivity index (χ0n) is 15.7. The quantitative estimate of drug-likeness (QED) is 0.618. The van der Waals surface area contributed by atoms with Crippen molar-refractivity contribution in [1.29, 1.82) is 0 Å². The summed E-state index contributed by atoms with van der Waals surface area (Å²) in [4.78, 5) is 13.4. The zero-order chi connectivity index (χ0) is 19.6. The van der Waals surface area contributed by atoms with Gasteiger partial charge in [-0.3, -0.25) is 9.36 Å². The Morgan fingerprint density at radius 3 is 2.44 bits per heavy atom. The Hall–Kier alpha value is -2.15. The number of carbonyl (C=O) groups is 1. The van der Waals surface area contributed by atoms with Crippen LogP contribution in [0.3, 0.4) is 0 Å². The summed E-state index contributed by atoms with van der Waals surface area (Å²) in [5, 5.41) is 3.40. The first-order chi connectivity index (χ1) is 12.9. The van der Waals surface area contributed by atoms with Crippen LogP contribution in [-0.4, -0.2) is 28.6 Å². The minimum absolute atomic E-state index is 0.0836. The normalized spacial score (nSPS) is 12.5. The molecule has 0 saturated heterocycles. The van der Waals surface area contributed by atoms with E-state index in [1.54, 1.807) is 12.1 Å². The van der Waals surface area contributed by atoms with Crippen molar-refractivity contribution in [2.45, 2.75) is 26.6 Å². The monoisotopic (exact) mass is 403 g/mol. The molecule has 0 aliphatic carbocycles. The van der Waals surface area contributed by atoms with Gasteiger partial charge in [0.1, 0.15) is 0 Å². The topological polar surface area (TPSA) is 43.4 Å². The number of hydrogen-bond donors (Lipinski definition) is 2. The SMILES string of the molecule is CC(C)n1c(=S)n(C[NH+](C)CC(=O)Nc2ccccc2Cl)c2ccccc21. The fraction of sp³-hybridized carbons (Fsp3) is 0.300. The number of benzene rings is 2. The number of nitrogens with zero attached hydrogens (tertiary/aromatic N) is 2. The van der Waals surface area contributed by atoms with Gasteiger partial charge in [-0.2, -0.15) is 0 Å². The number of halogens is 1. The van der Waals surface area contributed by atoms with E-state index in [0.29, 0.717) is 23.9 Å². The van der Waals surface area contributed by atoms with Crippen LogP contribution in [0.15, 0.2) is 48.5 Å². The summed E-state index contributed by atoms with van der Waals surface area (Å²) in [5.41, 5.74) is 2.83. The predicted molar refractivity (Wildman–Crippen MR) is 113 cm³/mol. The molecule has 5 nitrogen and oxygen atoms in total. The van der Waals surface area contributed by atoms with E-state index in [1.807, 2.05) is 31.3 Å². The van der Waals surface area contributed by atoms with Gasteiger partial charge in [0.15, 0.2) is 18.0 Å². The Bertz CT molecular complexity index is 1020. The molecule has 0 bridgehead atoms. The lowest BCUT2D eigenvalue weighted by molar-refractivity contribution is -0.894. The lowest BCUT2D eigenvalue weighted by Crippen LogP contribution is -3.09. The fourth-order valence-corrected chi connectivity index (χ4v) is 3.90. The van der Waals surface area contributed by atoms with Crippen molar-refractivity contribution in [3.05, 3.63) is 58.3 Å². The molecule has 0 fully saturated rings. The second kappa shape index (κ2) is 8.25. The molecule has 142 valence electrons. The summed E-state index contributed by atoms with van der Waals surface area (Å²) in [6, 6.07) is 15.7. The van der Waals surface area contributed by atoms with Gasteiger partial charge in [0, 0.05) is 6.04 Å². The third-order valence-corrected chi connectivity index (χ3v) is 5.17. The first-order valence-corrected chi connectivity index (χ1v) is 9.72. The lowest BCUT2D eigenvalue weighted by atomic mass is 10.3. The van der Waals surface area contributed by atoms with E-state index in [0.717, 1.165) is 20.7 Å². The standard InChI is InChI=1S/C20H23ClN4OS/c1-14(2)25-18-11-7-6-10-17(18)24(20(25)27)13-23(3)12-19(26)22-16-9-5-4-8-15(16)21/h4-11,14H,12-13H2,1-3H3,(H,22,26)/p+1. The molecule has 1 aromatic heterocycles. The van der Waals surface area contributed by atoms with Gasteiger partial charge < -0.3 is 14.8 Å². The van der Waals surface area contributed by atoms with Crippen molar-refractivity contribution < 1.29 is 9.69 Å². The first kappa shape index (κ1) is 19.6. The Kier molecular flexibility index (Phi) is 5.99. The number of hydrogen-bond acceptors (Lipinski definition) is 2. The highest BCUT2D eigenvalue weighted by atomic mass is 35.5. The molecular formula is C20H24ClN4OS+. The molecule has 7 heteroatoms. The van der Waals surface area contributed by atoms with Crippen LogP contribution in [-0.2, 0) is 11.5 Å². The van der Waals surface area contributed by atoms with Crippen LogP contribution < -0.4 is 10.2 Å². The summed E-state index contributed by atoms with van der Waals surface area (Å²) in [7, 11) is 1.98. The fourth-order valence-electron chi connectivity index (χ4n) is 3.24. The summed E-state index contributed by atoms with van der Waals surface area (Å²) in [6.45, 7) is 5.17. The highest BCUT2D eigenvalue weighted by molar-refractivity contribution is 7.71. The van der Waals surface area contributed by atoms with Crippen molar-refractivity contribution in [2.24, 2.45) is 0 Å². The second-order valence-corrected chi connectivity index (χ2v) is 7.76. The number of imidazole rings is 1. The number of fused-ring (bicyclic) bond motifs is 1. The molecule has 1 atom stereocenters. The van der Waals surface area contributed by atoms with Crippen molar-refractivity contribution in [1.82, 2.24) is 9.13 Å². The van der Waals surface area contributed by atoms with Crippen molar-refractivity contribution in [2.75, 3.05) is 18.9 Å². The van der Waals surface area contributed by atoms with Gasteiger partial charge in [-0.25, -0.2) is 0 Å². The number of carbonyl (C=O) groups excluding carboxylic acids is 1.